The van der Waals surface area contributed by atoms with Crippen LogP contribution in [0.25, 0.3) is 0 Å². The number of pyridine rings is 1. The van der Waals surface area contributed by atoms with Crippen molar-refractivity contribution in [2.45, 2.75) is 18.9 Å². The van der Waals surface area contributed by atoms with Crippen LogP contribution in [0.5, 0.6) is 0 Å². The molecule has 3 aromatic rings. The van der Waals surface area contributed by atoms with E-state index in [0.717, 1.165) is 5.56 Å². The average molecular weight is 391 g/mol. The molecule has 5 nitrogen and oxygen atoms in total. The quantitative estimate of drug-likeness (QED) is 0.739. The largest absolute Gasteiger partial charge is 0.368 e. The van der Waals surface area contributed by atoms with Crippen molar-refractivity contribution in [1.82, 2.24) is 9.88 Å². The van der Waals surface area contributed by atoms with Crippen molar-refractivity contribution in [3.63, 3.8) is 0 Å². The molecule has 0 saturated carbocycles. The van der Waals surface area contributed by atoms with E-state index >= 15 is 0 Å². The van der Waals surface area contributed by atoms with Gasteiger partial charge in [0.15, 0.2) is 0 Å². The van der Waals surface area contributed by atoms with Crippen LogP contribution < -0.4 is 5.73 Å². The third-order valence-electron chi connectivity index (χ3n) is 4.73. The highest BCUT2D eigenvalue weighted by Gasteiger charge is 2.33. The molecule has 0 bridgehead atoms. The number of carbonyl (C=O) groups is 2. The third-order valence-corrected chi connectivity index (χ3v) is 4.73. The van der Waals surface area contributed by atoms with E-state index < -0.39 is 5.91 Å². The molecule has 0 aliphatic heterocycles. The number of hydrogen-bond acceptors (Lipinski definition) is 3. The van der Waals surface area contributed by atoms with Crippen molar-refractivity contribution in [2.24, 2.45) is 5.73 Å². The van der Waals surface area contributed by atoms with E-state index in [1.54, 1.807) is 42.7 Å². The zero-order valence-electron chi connectivity index (χ0n) is 15.9. The summed E-state index contributed by atoms with van der Waals surface area (Å²) < 4.78 is 13.9. The number of amides is 2. The summed E-state index contributed by atoms with van der Waals surface area (Å²) >= 11 is 0. The molecule has 6 heteroatoms. The van der Waals surface area contributed by atoms with E-state index in [-0.39, 0.29) is 24.3 Å². The summed E-state index contributed by atoms with van der Waals surface area (Å²) in [6.45, 7) is -0.186. The van der Waals surface area contributed by atoms with Crippen molar-refractivity contribution in [3.8, 4) is 0 Å². The number of rotatable bonds is 4. The molecule has 29 heavy (non-hydrogen) atoms. The zero-order valence-corrected chi connectivity index (χ0v) is 15.9. The van der Waals surface area contributed by atoms with Gasteiger partial charge in [0.05, 0.1) is 6.04 Å². The Morgan fingerprint density at radius 3 is 2.28 bits per heavy atom. The predicted molar refractivity (Wildman–Crippen MR) is 108 cm³/mol. The second kappa shape index (κ2) is 9.59. The summed E-state index contributed by atoms with van der Waals surface area (Å²) in [5.74, 6) is -1.12. The second-order valence-corrected chi connectivity index (χ2v) is 6.65. The van der Waals surface area contributed by atoms with E-state index in [9.17, 15) is 14.0 Å². The van der Waals surface area contributed by atoms with Crippen LogP contribution in [0.2, 0.25) is 0 Å². The Kier molecular flexibility index (Phi) is 6.68. The molecule has 2 aromatic carbocycles. The Morgan fingerprint density at radius 2 is 1.69 bits per heavy atom. The summed E-state index contributed by atoms with van der Waals surface area (Å²) in [5.41, 5.74) is 7.18. The van der Waals surface area contributed by atoms with Crippen LogP contribution in [0.4, 0.5) is 4.39 Å². The van der Waals surface area contributed by atoms with Gasteiger partial charge in [-0.05, 0) is 54.3 Å². The van der Waals surface area contributed by atoms with Crippen LogP contribution in [0.3, 0.4) is 0 Å². The molecular weight excluding hydrogens is 369 g/mol. The zero-order chi connectivity index (χ0) is 20.6. The van der Waals surface area contributed by atoms with Crippen LogP contribution in [0.15, 0.2) is 79.1 Å². The standard InChI is InChI=1S/C18H17FN2O2.C5H5N/c19-15-8-4-7-14-13(15)9-10-16(14)21(11-17(20)22)18(23)12-5-2-1-3-6-12;1-2-4-6-5-3-1/h1-8,16H,9-11H2,(H2,20,22);1-5H. The second-order valence-electron chi connectivity index (χ2n) is 6.65. The van der Waals surface area contributed by atoms with Crippen molar-refractivity contribution in [3.05, 3.63) is 102 Å². The first-order chi connectivity index (χ1) is 14.1. The first kappa shape index (κ1) is 20.2. The van der Waals surface area contributed by atoms with E-state index in [1.165, 1.54) is 11.0 Å². The Balaban J connectivity index is 0.000000343. The van der Waals surface area contributed by atoms with Gasteiger partial charge in [-0.2, -0.15) is 0 Å². The Morgan fingerprint density at radius 1 is 1.00 bits per heavy atom. The van der Waals surface area contributed by atoms with E-state index in [2.05, 4.69) is 4.98 Å². The molecule has 1 aromatic heterocycles. The van der Waals surface area contributed by atoms with Crippen LogP contribution in [-0.2, 0) is 11.2 Å². The molecule has 0 saturated heterocycles. The number of halogens is 1. The summed E-state index contributed by atoms with van der Waals surface area (Å²) in [4.78, 5) is 29.5. The number of nitrogens with zero attached hydrogens (tertiary/aromatic N) is 2. The van der Waals surface area contributed by atoms with Gasteiger partial charge >= 0.3 is 0 Å². The number of primary amides is 1. The molecule has 0 fully saturated rings. The van der Waals surface area contributed by atoms with Crippen LogP contribution in [0, 0.1) is 5.82 Å². The van der Waals surface area contributed by atoms with Crippen molar-refractivity contribution < 1.29 is 14.0 Å². The van der Waals surface area contributed by atoms with E-state index in [0.29, 0.717) is 24.0 Å². The van der Waals surface area contributed by atoms with Crippen molar-refractivity contribution in [2.75, 3.05) is 6.54 Å². The molecule has 1 unspecified atom stereocenters. The van der Waals surface area contributed by atoms with Gasteiger partial charge in [-0.1, -0.05) is 36.4 Å². The van der Waals surface area contributed by atoms with Gasteiger partial charge in [0.25, 0.3) is 5.91 Å². The van der Waals surface area contributed by atoms with E-state index in [1.807, 2.05) is 30.3 Å². The minimum atomic E-state index is -0.584. The predicted octanol–water partition coefficient (Wildman–Crippen LogP) is 3.52. The Hall–Kier alpha value is -3.54. The van der Waals surface area contributed by atoms with Gasteiger partial charge in [-0.25, -0.2) is 4.39 Å². The summed E-state index contributed by atoms with van der Waals surface area (Å²) in [5, 5.41) is 0. The molecule has 2 N–H and O–H groups in total. The Bertz CT molecular complexity index is 938. The number of benzene rings is 2. The number of nitrogens with two attached hydrogens (primary N) is 1. The van der Waals surface area contributed by atoms with Gasteiger partial charge in [-0.15, -0.1) is 0 Å². The van der Waals surface area contributed by atoms with Crippen molar-refractivity contribution in [1.29, 1.82) is 0 Å². The number of fused-ring (bicyclic) bond motifs is 1. The van der Waals surface area contributed by atoms with Crippen LogP contribution in [0.1, 0.15) is 33.9 Å². The topological polar surface area (TPSA) is 76.3 Å². The molecule has 1 heterocycles. The molecule has 148 valence electrons. The maximum absolute atomic E-state index is 13.9. The van der Waals surface area contributed by atoms with Gasteiger partial charge in [0.2, 0.25) is 5.91 Å². The first-order valence-corrected chi connectivity index (χ1v) is 9.34. The first-order valence-electron chi connectivity index (χ1n) is 9.34. The highest BCUT2D eigenvalue weighted by Crippen LogP contribution is 2.37. The molecule has 0 spiro atoms. The fraction of sp³-hybridized carbons (Fsp3) is 0.174. The van der Waals surface area contributed by atoms with Crippen LogP contribution >= 0.6 is 0 Å². The SMILES string of the molecule is NC(=O)CN(C(=O)c1ccccc1)C1CCc2c(F)cccc21.c1ccncc1. The molecule has 2 amide bonds. The Labute approximate surface area is 169 Å². The minimum Gasteiger partial charge on any atom is -0.368 e. The van der Waals surface area contributed by atoms with Gasteiger partial charge < -0.3 is 10.6 Å². The maximum atomic E-state index is 13.9. The third kappa shape index (κ3) is 5.04. The summed E-state index contributed by atoms with van der Waals surface area (Å²) in [6, 6.07) is 19.0. The van der Waals surface area contributed by atoms with E-state index in [4.69, 9.17) is 5.73 Å². The van der Waals surface area contributed by atoms with Gasteiger partial charge in [-0.3, -0.25) is 14.6 Å². The van der Waals surface area contributed by atoms with Gasteiger partial charge in [0, 0.05) is 18.0 Å². The molecule has 1 aliphatic carbocycles. The molecule has 4 rings (SSSR count). The molecule has 1 atom stereocenters. The van der Waals surface area contributed by atoms with Crippen molar-refractivity contribution >= 4 is 11.8 Å². The lowest BCUT2D eigenvalue weighted by Gasteiger charge is -2.28. The molecular formula is C23H22FN3O2. The van der Waals surface area contributed by atoms with Gasteiger partial charge in [0.1, 0.15) is 12.4 Å². The maximum Gasteiger partial charge on any atom is 0.254 e. The minimum absolute atomic E-state index is 0.186. The summed E-state index contributed by atoms with van der Waals surface area (Å²) in [6.07, 6.45) is 4.63. The fourth-order valence-electron chi connectivity index (χ4n) is 3.46. The monoisotopic (exact) mass is 391 g/mol. The molecule has 1 aliphatic rings. The van der Waals surface area contributed by atoms with Crippen LogP contribution in [-0.4, -0.2) is 28.2 Å². The molecule has 0 radical (unpaired) electrons. The fourth-order valence-corrected chi connectivity index (χ4v) is 3.46. The number of hydrogen-bond donors (Lipinski definition) is 1. The lowest BCUT2D eigenvalue weighted by molar-refractivity contribution is -0.119. The smallest absolute Gasteiger partial charge is 0.254 e. The average Bonchev–Trinajstić information content (AvgIpc) is 3.19. The normalized spacial score (nSPS) is 14.3. The lowest BCUT2D eigenvalue weighted by atomic mass is 10.0. The highest BCUT2D eigenvalue weighted by molar-refractivity contribution is 5.96. The lowest BCUT2D eigenvalue weighted by Crippen LogP contribution is -2.40. The summed E-state index contributed by atoms with van der Waals surface area (Å²) in [7, 11) is 0. The highest BCUT2D eigenvalue weighted by atomic mass is 19.1. The number of aromatic nitrogens is 1. The number of carbonyl (C=O) groups excluding carboxylic acids is 2.